The second-order valence-electron chi connectivity index (χ2n) is 10.3. The maximum atomic E-state index is 13.4. The van der Waals surface area contributed by atoms with Gasteiger partial charge in [0.2, 0.25) is 6.29 Å². The normalized spacial score (nSPS) is 24.6. The topological polar surface area (TPSA) is 152 Å². The number of anilines is 1. The van der Waals surface area contributed by atoms with E-state index in [4.69, 9.17) is 9.47 Å². The van der Waals surface area contributed by atoms with Gasteiger partial charge in [0.25, 0.3) is 11.8 Å². The van der Waals surface area contributed by atoms with E-state index in [1.165, 1.54) is 4.90 Å². The Kier molecular flexibility index (Phi) is 8.04. The molecule has 5 unspecified atom stereocenters. The van der Waals surface area contributed by atoms with Crippen LogP contribution in [0.25, 0.3) is 10.8 Å². The van der Waals surface area contributed by atoms with E-state index in [0.29, 0.717) is 40.1 Å². The minimum Gasteiger partial charge on any atom is -0.462 e. The van der Waals surface area contributed by atoms with Crippen LogP contribution in [0.5, 0.6) is 5.75 Å². The number of carbonyl (C=O) groups is 2. The van der Waals surface area contributed by atoms with Crippen LogP contribution in [-0.2, 0) is 11.3 Å². The Balaban J connectivity index is 1.38. The third-order valence-corrected chi connectivity index (χ3v) is 7.25. The van der Waals surface area contributed by atoms with Gasteiger partial charge >= 0.3 is 0 Å². The van der Waals surface area contributed by atoms with Crippen molar-refractivity contribution in [2.75, 3.05) is 39.1 Å². The predicted molar refractivity (Wildman–Crippen MR) is 146 cm³/mol. The van der Waals surface area contributed by atoms with Crippen LogP contribution in [0.2, 0.25) is 0 Å². The first-order chi connectivity index (χ1) is 19.2. The minimum atomic E-state index is -1.55. The van der Waals surface area contributed by atoms with Crippen LogP contribution < -0.4 is 10.1 Å². The van der Waals surface area contributed by atoms with Crippen LogP contribution in [0, 0.1) is 0 Å². The Labute approximate surface area is 231 Å². The van der Waals surface area contributed by atoms with Crippen LogP contribution in [0.4, 0.5) is 5.69 Å². The van der Waals surface area contributed by atoms with Crippen LogP contribution in [0.1, 0.15) is 26.3 Å². The highest BCUT2D eigenvalue weighted by Crippen LogP contribution is 2.33. The fraction of sp³-hybridized carbons (Fsp3) is 0.379. The minimum absolute atomic E-state index is 0.274. The summed E-state index contributed by atoms with van der Waals surface area (Å²) >= 11 is 0. The summed E-state index contributed by atoms with van der Waals surface area (Å²) in [7, 11) is 3.77. The number of amides is 2. The third kappa shape index (κ3) is 5.27. The molecule has 2 aliphatic heterocycles. The Morgan fingerprint density at radius 3 is 2.45 bits per heavy atom. The van der Waals surface area contributed by atoms with Gasteiger partial charge < -0.3 is 40.1 Å². The number of nitrogens with one attached hydrogen (secondary N) is 1. The molecule has 40 heavy (non-hydrogen) atoms. The fourth-order valence-electron chi connectivity index (χ4n) is 5.01. The average Bonchev–Trinajstić information content (AvgIpc) is 2.95. The first-order valence-corrected chi connectivity index (χ1v) is 13.1. The lowest BCUT2D eigenvalue weighted by atomic mass is 9.93. The summed E-state index contributed by atoms with van der Waals surface area (Å²) in [5.41, 5.74) is 2.30. The molecule has 1 fully saturated rings. The SMILES string of the molecule is CN(C)CCN1C(=O)c2cccc3cc(NCc4ccccc4OC4OC(CO)C(O)C(O)C4O)cc(c23)C1=O. The van der Waals surface area contributed by atoms with Crippen molar-refractivity contribution < 1.29 is 39.5 Å². The first-order valence-electron chi connectivity index (χ1n) is 13.1. The summed E-state index contributed by atoms with van der Waals surface area (Å²) in [6.07, 6.45) is -6.98. The lowest BCUT2D eigenvalue weighted by molar-refractivity contribution is -0.277. The maximum absolute atomic E-state index is 13.4. The number of para-hydroxylation sites is 1. The van der Waals surface area contributed by atoms with Crippen molar-refractivity contribution in [2.24, 2.45) is 0 Å². The Morgan fingerprint density at radius 2 is 1.70 bits per heavy atom. The fourth-order valence-corrected chi connectivity index (χ4v) is 5.01. The molecule has 0 bridgehead atoms. The predicted octanol–water partition coefficient (Wildman–Crippen LogP) is 0.788. The molecular weight excluding hydrogens is 518 g/mol. The van der Waals surface area contributed by atoms with Crippen molar-refractivity contribution in [3.8, 4) is 5.75 Å². The standard InChI is InChI=1S/C29H33N3O8/c1-31(2)10-11-32-27(37)19-8-5-7-16-12-18(13-20(23(16)19)28(32)38)30-14-17-6-3-4-9-21(17)39-29-26(36)25(35)24(34)22(15-33)40-29/h3-9,12-13,22,24-26,29-30,33-36H,10-11,14-15H2,1-2H3. The van der Waals surface area contributed by atoms with Crippen molar-refractivity contribution in [3.05, 3.63) is 71.3 Å². The average molecular weight is 552 g/mol. The molecule has 5 rings (SSSR count). The summed E-state index contributed by atoms with van der Waals surface area (Å²) in [5, 5.41) is 44.7. The van der Waals surface area contributed by atoms with Crippen molar-refractivity contribution in [1.29, 1.82) is 0 Å². The molecule has 2 amide bonds. The highest BCUT2D eigenvalue weighted by molar-refractivity contribution is 6.26. The highest BCUT2D eigenvalue weighted by atomic mass is 16.7. The Bertz CT molecular complexity index is 1410. The smallest absolute Gasteiger partial charge is 0.261 e. The quantitative estimate of drug-likeness (QED) is 0.241. The van der Waals surface area contributed by atoms with Crippen LogP contribution in [-0.4, -0.2) is 107 Å². The third-order valence-electron chi connectivity index (χ3n) is 7.25. The van der Waals surface area contributed by atoms with Crippen molar-refractivity contribution in [1.82, 2.24) is 9.80 Å². The highest BCUT2D eigenvalue weighted by Gasteiger charge is 2.45. The second-order valence-corrected chi connectivity index (χ2v) is 10.3. The zero-order valence-corrected chi connectivity index (χ0v) is 22.2. The summed E-state index contributed by atoms with van der Waals surface area (Å²) < 4.78 is 11.4. The second kappa shape index (κ2) is 11.5. The molecule has 0 aliphatic carbocycles. The Morgan fingerprint density at radius 1 is 0.950 bits per heavy atom. The van der Waals surface area contributed by atoms with E-state index in [0.717, 1.165) is 5.39 Å². The zero-order chi connectivity index (χ0) is 28.6. The number of ether oxygens (including phenoxy) is 2. The molecule has 11 nitrogen and oxygen atoms in total. The molecule has 5 N–H and O–H groups in total. The molecule has 0 saturated carbocycles. The van der Waals surface area contributed by atoms with Crippen LogP contribution in [0.15, 0.2) is 54.6 Å². The molecule has 0 spiro atoms. The molecule has 2 aliphatic rings. The van der Waals surface area contributed by atoms with Crippen LogP contribution >= 0.6 is 0 Å². The van der Waals surface area contributed by atoms with E-state index < -0.39 is 37.3 Å². The first kappa shape index (κ1) is 28.0. The van der Waals surface area contributed by atoms with E-state index in [2.05, 4.69) is 5.32 Å². The van der Waals surface area contributed by atoms with Crippen molar-refractivity contribution >= 4 is 28.3 Å². The van der Waals surface area contributed by atoms with Gasteiger partial charge in [0.1, 0.15) is 30.2 Å². The molecule has 2 heterocycles. The molecule has 0 radical (unpaired) electrons. The maximum Gasteiger partial charge on any atom is 0.261 e. The van der Waals surface area contributed by atoms with Gasteiger partial charge in [-0.05, 0) is 43.7 Å². The van der Waals surface area contributed by atoms with Crippen molar-refractivity contribution in [3.63, 3.8) is 0 Å². The monoisotopic (exact) mass is 551 g/mol. The summed E-state index contributed by atoms with van der Waals surface area (Å²) in [6, 6.07) is 16.0. The van der Waals surface area contributed by atoms with Gasteiger partial charge in [0, 0.05) is 41.8 Å². The molecule has 212 valence electrons. The number of hydrogen-bond acceptors (Lipinski definition) is 10. The molecule has 5 atom stereocenters. The number of aliphatic hydroxyl groups is 4. The lowest BCUT2D eigenvalue weighted by Gasteiger charge is -2.39. The number of nitrogens with zero attached hydrogens (tertiary/aromatic N) is 2. The van der Waals surface area contributed by atoms with Gasteiger partial charge in [-0.15, -0.1) is 0 Å². The van der Waals surface area contributed by atoms with E-state index in [1.807, 2.05) is 43.3 Å². The van der Waals surface area contributed by atoms with E-state index >= 15 is 0 Å². The van der Waals surface area contributed by atoms with E-state index in [-0.39, 0.29) is 24.9 Å². The van der Waals surface area contributed by atoms with Gasteiger partial charge in [0.05, 0.1) is 12.2 Å². The molecule has 0 aromatic heterocycles. The number of aliphatic hydroxyl groups excluding tert-OH is 4. The molecule has 1 saturated heterocycles. The van der Waals surface area contributed by atoms with Crippen molar-refractivity contribution in [2.45, 2.75) is 37.3 Å². The number of likely N-dealkylation sites (N-methyl/N-ethyl adjacent to an activating group) is 1. The number of benzene rings is 3. The number of carbonyl (C=O) groups excluding carboxylic acids is 2. The van der Waals surface area contributed by atoms with Gasteiger partial charge in [-0.3, -0.25) is 14.5 Å². The molecule has 3 aromatic carbocycles. The zero-order valence-electron chi connectivity index (χ0n) is 22.2. The van der Waals surface area contributed by atoms with E-state index in [9.17, 15) is 30.0 Å². The van der Waals surface area contributed by atoms with Gasteiger partial charge in [-0.1, -0.05) is 30.3 Å². The number of rotatable bonds is 9. The number of imide groups is 1. The molecule has 11 heteroatoms. The lowest BCUT2D eigenvalue weighted by Crippen LogP contribution is -2.60. The summed E-state index contributed by atoms with van der Waals surface area (Å²) in [5.74, 6) is -0.282. The van der Waals surface area contributed by atoms with Crippen LogP contribution in [0.3, 0.4) is 0 Å². The van der Waals surface area contributed by atoms with Gasteiger partial charge in [0.15, 0.2) is 0 Å². The van der Waals surface area contributed by atoms with Gasteiger partial charge in [-0.2, -0.15) is 0 Å². The number of hydrogen-bond donors (Lipinski definition) is 5. The van der Waals surface area contributed by atoms with E-state index in [1.54, 1.807) is 30.3 Å². The molecule has 3 aromatic rings. The largest absolute Gasteiger partial charge is 0.462 e. The summed E-state index contributed by atoms with van der Waals surface area (Å²) in [6.45, 7) is 0.541. The van der Waals surface area contributed by atoms with Gasteiger partial charge in [-0.25, -0.2) is 0 Å². The summed E-state index contributed by atoms with van der Waals surface area (Å²) in [4.78, 5) is 29.7. The molecular formula is C29H33N3O8. The Hall–Kier alpha value is -3.58.